The van der Waals surface area contributed by atoms with E-state index in [1.54, 1.807) is 0 Å². The van der Waals surface area contributed by atoms with Crippen molar-refractivity contribution in [3.8, 4) is 0 Å². The molecule has 1 aromatic rings. The molecule has 3 unspecified atom stereocenters. The van der Waals surface area contributed by atoms with E-state index in [1.165, 1.54) is 0 Å². The molecule has 0 aliphatic heterocycles. The SMILES string of the molecule is O=C(O)C1CC1C(Cl)c1ccccc1. The molecule has 0 radical (unpaired) electrons. The second-order valence-corrected chi connectivity index (χ2v) is 4.13. The van der Waals surface area contributed by atoms with Crippen molar-refractivity contribution in [3.63, 3.8) is 0 Å². The molecule has 0 bridgehead atoms. The van der Waals surface area contributed by atoms with E-state index in [-0.39, 0.29) is 17.2 Å². The topological polar surface area (TPSA) is 37.3 Å². The van der Waals surface area contributed by atoms with Crippen LogP contribution >= 0.6 is 11.6 Å². The van der Waals surface area contributed by atoms with Gasteiger partial charge in [-0.25, -0.2) is 0 Å². The normalized spacial score (nSPS) is 26.9. The van der Waals surface area contributed by atoms with Gasteiger partial charge in [0.2, 0.25) is 0 Å². The first kappa shape index (κ1) is 9.53. The van der Waals surface area contributed by atoms with Crippen LogP contribution in [0.1, 0.15) is 17.4 Å². The lowest BCUT2D eigenvalue weighted by atomic mass is 10.1. The monoisotopic (exact) mass is 210 g/mol. The summed E-state index contributed by atoms with van der Waals surface area (Å²) in [5.41, 5.74) is 1.02. The largest absolute Gasteiger partial charge is 0.481 e. The van der Waals surface area contributed by atoms with E-state index in [0.717, 1.165) is 5.56 Å². The predicted octanol–water partition coefficient (Wildman–Crippen LogP) is 2.69. The average Bonchev–Trinajstić information content (AvgIpc) is 2.97. The molecule has 0 saturated heterocycles. The Labute approximate surface area is 87.5 Å². The van der Waals surface area contributed by atoms with Crippen LogP contribution in [0.25, 0.3) is 0 Å². The first-order valence-electron chi connectivity index (χ1n) is 4.62. The fourth-order valence-electron chi connectivity index (χ4n) is 1.71. The Morgan fingerprint density at radius 2 is 2.07 bits per heavy atom. The summed E-state index contributed by atoms with van der Waals surface area (Å²) in [6, 6.07) is 9.64. The summed E-state index contributed by atoms with van der Waals surface area (Å²) < 4.78 is 0. The number of aliphatic carboxylic acids is 1. The minimum Gasteiger partial charge on any atom is -0.481 e. The van der Waals surface area contributed by atoms with Gasteiger partial charge in [-0.1, -0.05) is 30.3 Å². The van der Waals surface area contributed by atoms with Crippen molar-refractivity contribution < 1.29 is 9.90 Å². The standard InChI is InChI=1S/C11H11ClO2/c12-10(7-4-2-1-3-5-7)8-6-9(8)11(13)14/h1-5,8-10H,6H2,(H,13,14). The van der Waals surface area contributed by atoms with Crippen molar-refractivity contribution >= 4 is 17.6 Å². The number of carbonyl (C=O) groups is 1. The number of benzene rings is 1. The zero-order valence-corrected chi connectivity index (χ0v) is 8.32. The lowest BCUT2D eigenvalue weighted by Gasteiger charge is -2.07. The minimum atomic E-state index is -0.725. The fourth-order valence-corrected chi connectivity index (χ4v) is 2.13. The fraction of sp³-hybridized carbons (Fsp3) is 0.364. The number of carboxylic acids is 1. The average molecular weight is 211 g/mol. The Hall–Kier alpha value is -1.02. The van der Waals surface area contributed by atoms with E-state index in [4.69, 9.17) is 16.7 Å². The lowest BCUT2D eigenvalue weighted by Crippen LogP contribution is -2.03. The van der Waals surface area contributed by atoms with Crippen LogP contribution in [-0.2, 0) is 4.79 Å². The van der Waals surface area contributed by atoms with Gasteiger partial charge < -0.3 is 5.11 Å². The Bertz CT molecular complexity index is 336. The van der Waals surface area contributed by atoms with Crippen LogP contribution < -0.4 is 0 Å². The Morgan fingerprint density at radius 1 is 1.43 bits per heavy atom. The van der Waals surface area contributed by atoms with E-state index in [9.17, 15) is 4.79 Å². The van der Waals surface area contributed by atoms with E-state index in [0.29, 0.717) is 6.42 Å². The number of rotatable bonds is 3. The highest BCUT2D eigenvalue weighted by Gasteiger charge is 2.47. The second kappa shape index (κ2) is 3.62. The van der Waals surface area contributed by atoms with Gasteiger partial charge in [0.15, 0.2) is 0 Å². The molecule has 1 aromatic carbocycles. The first-order valence-corrected chi connectivity index (χ1v) is 5.05. The number of hydrogen-bond donors (Lipinski definition) is 1. The second-order valence-electron chi connectivity index (χ2n) is 3.66. The van der Waals surface area contributed by atoms with Gasteiger partial charge in [-0.3, -0.25) is 4.79 Å². The zero-order chi connectivity index (χ0) is 10.1. The van der Waals surface area contributed by atoms with Gasteiger partial charge in [-0.05, 0) is 17.9 Å². The molecule has 74 valence electrons. The summed E-state index contributed by atoms with van der Waals surface area (Å²) in [5, 5.41) is 8.61. The predicted molar refractivity (Wildman–Crippen MR) is 54.3 cm³/mol. The number of carboxylic acid groups (broad SMARTS) is 1. The van der Waals surface area contributed by atoms with Gasteiger partial charge in [0.05, 0.1) is 11.3 Å². The molecule has 1 aliphatic carbocycles. The van der Waals surface area contributed by atoms with Crippen LogP contribution in [0.15, 0.2) is 30.3 Å². The Balaban J connectivity index is 2.05. The highest BCUT2D eigenvalue weighted by molar-refractivity contribution is 6.21. The molecule has 14 heavy (non-hydrogen) atoms. The summed E-state index contributed by atoms with van der Waals surface area (Å²) in [4.78, 5) is 10.6. The molecule has 2 nitrogen and oxygen atoms in total. The third-order valence-corrected chi connectivity index (χ3v) is 3.23. The van der Waals surface area contributed by atoms with Crippen LogP contribution in [0.5, 0.6) is 0 Å². The molecule has 0 heterocycles. The molecule has 0 amide bonds. The summed E-state index contributed by atoms with van der Waals surface area (Å²) >= 11 is 6.18. The van der Waals surface area contributed by atoms with Crippen molar-refractivity contribution in [2.24, 2.45) is 11.8 Å². The molecule has 1 saturated carbocycles. The quantitative estimate of drug-likeness (QED) is 0.779. The molecular weight excluding hydrogens is 200 g/mol. The Morgan fingerprint density at radius 3 is 2.57 bits per heavy atom. The molecule has 1 aliphatic rings. The molecule has 2 rings (SSSR count). The van der Waals surface area contributed by atoms with Crippen LogP contribution in [0.4, 0.5) is 0 Å². The van der Waals surface area contributed by atoms with Crippen molar-refractivity contribution in [1.29, 1.82) is 0 Å². The highest BCUT2D eigenvalue weighted by atomic mass is 35.5. The molecule has 0 spiro atoms. The van der Waals surface area contributed by atoms with Crippen molar-refractivity contribution in [3.05, 3.63) is 35.9 Å². The highest BCUT2D eigenvalue weighted by Crippen LogP contribution is 2.50. The molecule has 0 aromatic heterocycles. The summed E-state index contributed by atoms with van der Waals surface area (Å²) in [6.07, 6.45) is 0.707. The summed E-state index contributed by atoms with van der Waals surface area (Å²) in [5.74, 6) is -0.856. The van der Waals surface area contributed by atoms with Crippen molar-refractivity contribution in [1.82, 2.24) is 0 Å². The molecule has 3 heteroatoms. The van der Waals surface area contributed by atoms with E-state index in [2.05, 4.69) is 0 Å². The minimum absolute atomic E-state index is 0.108. The third kappa shape index (κ3) is 1.75. The van der Waals surface area contributed by atoms with Gasteiger partial charge in [0.1, 0.15) is 0 Å². The number of hydrogen-bond acceptors (Lipinski definition) is 1. The van der Waals surface area contributed by atoms with E-state index >= 15 is 0 Å². The smallest absolute Gasteiger partial charge is 0.306 e. The van der Waals surface area contributed by atoms with E-state index < -0.39 is 5.97 Å². The van der Waals surface area contributed by atoms with E-state index in [1.807, 2.05) is 30.3 Å². The molecule has 1 N–H and O–H groups in total. The maximum atomic E-state index is 10.6. The van der Waals surface area contributed by atoms with Gasteiger partial charge in [-0.2, -0.15) is 0 Å². The van der Waals surface area contributed by atoms with Crippen LogP contribution in [-0.4, -0.2) is 11.1 Å². The maximum Gasteiger partial charge on any atom is 0.306 e. The molecular formula is C11H11ClO2. The zero-order valence-electron chi connectivity index (χ0n) is 7.56. The van der Waals surface area contributed by atoms with Crippen molar-refractivity contribution in [2.45, 2.75) is 11.8 Å². The molecule has 1 fully saturated rings. The first-order chi connectivity index (χ1) is 6.70. The van der Waals surface area contributed by atoms with Crippen LogP contribution in [0, 0.1) is 11.8 Å². The summed E-state index contributed by atoms with van der Waals surface area (Å²) in [6.45, 7) is 0. The van der Waals surface area contributed by atoms with Gasteiger partial charge in [0, 0.05) is 0 Å². The number of halogens is 1. The van der Waals surface area contributed by atoms with Crippen molar-refractivity contribution in [2.75, 3.05) is 0 Å². The van der Waals surface area contributed by atoms with Crippen LogP contribution in [0.3, 0.4) is 0 Å². The Kier molecular flexibility index (Phi) is 2.46. The van der Waals surface area contributed by atoms with Crippen LogP contribution in [0.2, 0.25) is 0 Å². The molecule has 3 atom stereocenters. The summed E-state index contributed by atoms with van der Waals surface area (Å²) in [7, 11) is 0. The number of alkyl halides is 1. The van der Waals surface area contributed by atoms with Gasteiger partial charge in [0.25, 0.3) is 0 Å². The van der Waals surface area contributed by atoms with Gasteiger partial charge >= 0.3 is 5.97 Å². The third-order valence-electron chi connectivity index (χ3n) is 2.65. The lowest BCUT2D eigenvalue weighted by molar-refractivity contribution is -0.138. The maximum absolute atomic E-state index is 10.6. The van der Waals surface area contributed by atoms with Gasteiger partial charge in [-0.15, -0.1) is 11.6 Å².